The zero-order chi connectivity index (χ0) is 21.7. The Morgan fingerprint density at radius 3 is 2.67 bits per heavy atom. The zero-order valence-electron chi connectivity index (χ0n) is 16.7. The minimum atomic E-state index is -0.484. The number of nitro benzene ring substituents is 1. The van der Waals surface area contributed by atoms with Gasteiger partial charge in [0, 0.05) is 25.2 Å². The van der Waals surface area contributed by atoms with Gasteiger partial charge in [-0.2, -0.15) is 0 Å². The van der Waals surface area contributed by atoms with E-state index in [1.54, 1.807) is 37.1 Å². The summed E-state index contributed by atoms with van der Waals surface area (Å²) < 4.78 is 6.58. The molecule has 0 aliphatic carbocycles. The van der Waals surface area contributed by atoms with Crippen molar-refractivity contribution in [1.82, 2.24) is 19.9 Å². The van der Waals surface area contributed by atoms with Crippen LogP contribution >= 0.6 is 0 Å². The number of aromatic nitrogens is 3. The predicted molar refractivity (Wildman–Crippen MR) is 111 cm³/mol. The van der Waals surface area contributed by atoms with Crippen LogP contribution in [0.2, 0.25) is 0 Å². The number of non-ortho nitro benzene ring substituents is 1. The molecule has 1 heterocycles. The molecule has 0 N–H and O–H groups in total. The van der Waals surface area contributed by atoms with Gasteiger partial charge < -0.3 is 9.64 Å². The normalized spacial score (nSPS) is 10.5. The smallest absolute Gasteiger partial charge is 0.276 e. The second-order valence-corrected chi connectivity index (χ2v) is 6.53. The van der Waals surface area contributed by atoms with Gasteiger partial charge in [-0.3, -0.25) is 14.9 Å². The Hall–Kier alpha value is -4.01. The molecule has 0 bridgehead atoms. The van der Waals surface area contributed by atoms with Crippen molar-refractivity contribution in [1.29, 1.82) is 0 Å². The highest BCUT2D eigenvalue weighted by molar-refractivity contribution is 5.93. The first kappa shape index (κ1) is 20.7. The highest BCUT2D eigenvalue weighted by Gasteiger charge is 2.23. The molecule has 9 heteroatoms. The van der Waals surface area contributed by atoms with Gasteiger partial charge in [0.25, 0.3) is 11.6 Å². The van der Waals surface area contributed by atoms with Crippen molar-refractivity contribution in [2.24, 2.45) is 0 Å². The van der Waals surface area contributed by atoms with Gasteiger partial charge in [-0.25, -0.2) is 4.68 Å². The molecule has 0 aliphatic rings. The van der Waals surface area contributed by atoms with Crippen molar-refractivity contribution in [3.8, 4) is 11.4 Å². The summed E-state index contributed by atoms with van der Waals surface area (Å²) in [5.74, 6) is 0.427. The van der Waals surface area contributed by atoms with Gasteiger partial charge in [0.15, 0.2) is 5.69 Å². The average molecular weight is 407 g/mol. The third kappa shape index (κ3) is 4.35. The molecule has 154 valence electrons. The molecule has 0 saturated heterocycles. The fourth-order valence-electron chi connectivity index (χ4n) is 2.99. The van der Waals surface area contributed by atoms with E-state index >= 15 is 0 Å². The minimum Gasteiger partial charge on any atom is -0.497 e. The molecule has 0 spiro atoms. The first-order chi connectivity index (χ1) is 14.4. The fraction of sp³-hybridized carbons (Fsp3) is 0.190. The van der Waals surface area contributed by atoms with Gasteiger partial charge >= 0.3 is 0 Å². The number of amides is 1. The van der Waals surface area contributed by atoms with Gasteiger partial charge in [-0.15, -0.1) is 11.7 Å². The second-order valence-electron chi connectivity index (χ2n) is 6.53. The van der Waals surface area contributed by atoms with Gasteiger partial charge in [-0.05, 0) is 30.7 Å². The highest BCUT2D eigenvalue weighted by atomic mass is 16.6. The van der Waals surface area contributed by atoms with Crippen molar-refractivity contribution in [3.05, 3.63) is 88.3 Å². The maximum atomic E-state index is 13.1. The SMILES string of the molecule is C=CCN(Cc1ccc(OC)cc1)C(=O)c1nnn(-c2cccc([N+](=O)[O-])c2)c1C. The molecular weight excluding hydrogens is 386 g/mol. The number of benzene rings is 2. The summed E-state index contributed by atoms with van der Waals surface area (Å²) in [6.07, 6.45) is 1.64. The van der Waals surface area contributed by atoms with Gasteiger partial charge in [0.05, 0.1) is 23.4 Å². The summed E-state index contributed by atoms with van der Waals surface area (Å²) in [5, 5.41) is 19.1. The van der Waals surface area contributed by atoms with Crippen molar-refractivity contribution < 1.29 is 14.5 Å². The van der Waals surface area contributed by atoms with Crippen LogP contribution in [0.3, 0.4) is 0 Å². The average Bonchev–Trinajstić information content (AvgIpc) is 3.14. The Morgan fingerprint density at radius 2 is 2.03 bits per heavy atom. The Balaban J connectivity index is 1.87. The summed E-state index contributed by atoms with van der Waals surface area (Å²) in [4.78, 5) is 25.3. The summed E-state index contributed by atoms with van der Waals surface area (Å²) in [6.45, 7) is 6.11. The van der Waals surface area contributed by atoms with E-state index in [-0.39, 0.29) is 17.3 Å². The van der Waals surface area contributed by atoms with Crippen LogP contribution < -0.4 is 4.74 Å². The standard InChI is InChI=1S/C21H21N5O4/c1-4-12-24(14-16-8-10-19(30-3)11-9-16)21(27)20-15(2)25(23-22-20)17-6-5-7-18(13-17)26(28)29/h4-11,13H,1,12,14H2,2-3H3. The van der Waals surface area contributed by atoms with Gasteiger partial charge in [0.1, 0.15) is 5.75 Å². The number of nitro groups is 1. The molecule has 0 aliphatic heterocycles. The van der Waals surface area contributed by atoms with Crippen molar-refractivity contribution >= 4 is 11.6 Å². The number of ether oxygens (including phenoxy) is 1. The number of rotatable bonds is 8. The quantitative estimate of drug-likeness (QED) is 0.322. The third-order valence-electron chi connectivity index (χ3n) is 4.55. The van der Waals surface area contributed by atoms with Crippen LogP contribution in [0.1, 0.15) is 21.7 Å². The molecule has 0 atom stereocenters. The number of nitrogens with zero attached hydrogens (tertiary/aromatic N) is 5. The summed E-state index contributed by atoms with van der Waals surface area (Å²) in [5.41, 5.74) is 1.98. The Kier molecular flexibility index (Phi) is 6.21. The molecule has 1 aromatic heterocycles. The molecule has 3 aromatic rings. The first-order valence-corrected chi connectivity index (χ1v) is 9.14. The minimum absolute atomic E-state index is 0.0666. The lowest BCUT2D eigenvalue weighted by atomic mass is 10.2. The molecule has 2 aromatic carbocycles. The molecule has 0 unspecified atom stereocenters. The largest absolute Gasteiger partial charge is 0.497 e. The third-order valence-corrected chi connectivity index (χ3v) is 4.55. The zero-order valence-corrected chi connectivity index (χ0v) is 16.7. The molecule has 0 fully saturated rings. The number of carbonyl (C=O) groups excluding carboxylic acids is 1. The first-order valence-electron chi connectivity index (χ1n) is 9.14. The molecule has 0 radical (unpaired) electrons. The lowest BCUT2D eigenvalue weighted by molar-refractivity contribution is -0.384. The van der Waals surface area contributed by atoms with E-state index in [9.17, 15) is 14.9 Å². The molecule has 0 saturated carbocycles. The fourth-order valence-corrected chi connectivity index (χ4v) is 2.99. The summed E-state index contributed by atoms with van der Waals surface area (Å²) >= 11 is 0. The van der Waals surface area contributed by atoms with Gasteiger partial charge in [-0.1, -0.05) is 29.5 Å². The van der Waals surface area contributed by atoms with Crippen molar-refractivity contribution in [3.63, 3.8) is 0 Å². The lowest BCUT2D eigenvalue weighted by Crippen LogP contribution is -2.31. The maximum absolute atomic E-state index is 13.1. The highest BCUT2D eigenvalue weighted by Crippen LogP contribution is 2.20. The van der Waals surface area contributed by atoms with Crippen LogP contribution in [-0.4, -0.2) is 44.4 Å². The summed E-state index contributed by atoms with van der Waals surface area (Å²) in [6, 6.07) is 13.4. The van der Waals surface area contributed by atoms with E-state index in [0.29, 0.717) is 24.5 Å². The number of methoxy groups -OCH3 is 1. The van der Waals surface area contributed by atoms with E-state index in [0.717, 1.165) is 11.3 Å². The van der Waals surface area contributed by atoms with Crippen LogP contribution in [-0.2, 0) is 6.54 Å². The second kappa shape index (κ2) is 8.99. The van der Waals surface area contributed by atoms with Crippen LogP contribution in [0.5, 0.6) is 5.75 Å². The molecule has 30 heavy (non-hydrogen) atoms. The van der Waals surface area contributed by atoms with Crippen LogP contribution in [0.25, 0.3) is 5.69 Å². The van der Waals surface area contributed by atoms with E-state index in [4.69, 9.17) is 4.74 Å². The number of carbonyl (C=O) groups is 1. The van der Waals surface area contributed by atoms with Gasteiger partial charge in [0.2, 0.25) is 0 Å². The van der Waals surface area contributed by atoms with Crippen LogP contribution in [0.15, 0.2) is 61.2 Å². The van der Waals surface area contributed by atoms with E-state index in [1.165, 1.54) is 16.8 Å². The summed E-state index contributed by atoms with van der Waals surface area (Å²) in [7, 11) is 1.59. The topological polar surface area (TPSA) is 103 Å². The van der Waals surface area contributed by atoms with Crippen molar-refractivity contribution in [2.45, 2.75) is 13.5 Å². The van der Waals surface area contributed by atoms with E-state index < -0.39 is 4.92 Å². The van der Waals surface area contributed by atoms with Crippen molar-refractivity contribution in [2.75, 3.05) is 13.7 Å². The van der Waals surface area contributed by atoms with Crippen LogP contribution in [0, 0.1) is 17.0 Å². The molecule has 3 rings (SSSR count). The molecular formula is C21H21N5O4. The van der Waals surface area contributed by atoms with Crippen LogP contribution in [0.4, 0.5) is 5.69 Å². The molecule has 1 amide bonds. The maximum Gasteiger partial charge on any atom is 0.276 e. The monoisotopic (exact) mass is 407 g/mol. The number of hydrogen-bond acceptors (Lipinski definition) is 6. The Labute approximate surface area is 173 Å². The van der Waals surface area contributed by atoms with E-state index in [1.807, 2.05) is 24.3 Å². The van der Waals surface area contributed by atoms with E-state index in [2.05, 4.69) is 16.9 Å². The Morgan fingerprint density at radius 1 is 1.30 bits per heavy atom. The Bertz CT molecular complexity index is 1080. The predicted octanol–water partition coefficient (Wildman–Crippen LogP) is 3.32. The lowest BCUT2D eigenvalue weighted by Gasteiger charge is -2.20. The number of hydrogen-bond donors (Lipinski definition) is 0. The molecule has 9 nitrogen and oxygen atoms in total.